The number of ether oxygens (including phenoxy) is 2. The van der Waals surface area contributed by atoms with Gasteiger partial charge in [-0.25, -0.2) is 9.97 Å². The van der Waals surface area contributed by atoms with Gasteiger partial charge in [-0.3, -0.25) is 4.79 Å². The maximum atomic E-state index is 12.3. The fourth-order valence-electron chi connectivity index (χ4n) is 2.25. The first kappa shape index (κ1) is 17.3. The Labute approximate surface area is 150 Å². The molecule has 0 saturated heterocycles. The van der Waals surface area contributed by atoms with Gasteiger partial charge in [0, 0.05) is 12.3 Å². The van der Waals surface area contributed by atoms with Gasteiger partial charge in [-0.05, 0) is 30.3 Å². The standard InChI is InChI=1S/C18H18N4O4/c1-24-12-5-6-16(25-2)15(10-12)22-18-19-8-7-14(21-18)17(23)20-11-13-4-3-9-26-13/h3-10H,11H2,1-2H3,(H,20,23)(H,19,21,22). The van der Waals surface area contributed by atoms with Crippen LogP contribution in [0.5, 0.6) is 11.5 Å². The number of nitrogens with one attached hydrogen (secondary N) is 2. The molecule has 3 aromatic rings. The summed E-state index contributed by atoms with van der Waals surface area (Å²) in [7, 11) is 3.14. The van der Waals surface area contributed by atoms with Crippen LogP contribution in [0.4, 0.5) is 11.6 Å². The summed E-state index contributed by atoms with van der Waals surface area (Å²) in [6, 6.07) is 10.4. The third-order valence-electron chi connectivity index (χ3n) is 3.54. The van der Waals surface area contributed by atoms with Crippen molar-refractivity contribution in [1.29, 1.82) is 0 Å². The Morgan fingerprint density at radius 2 is 2.08 bits per heavy atom. The first-order chi connectivity index (χ1) is 12.7. The van der Waals surface area contributed by atoms with Crippen LogP contribution in [0, 0.1) is 0 Å². The number of aromatic nitrogens is 2. The number of carbonyl (C=O) groups is 1. The summed E-state index contributed by atoms with van der Waals surface area (Å²) in [5.74, 6) is 1.85. The van der Waals surface area contributed by atoms with Gasteiger partial charge in [-0.2, -0.15) is 0 Å². The van der Waals surface area contributed by atoms with Crippen molar-refractivity contribution in [2.45, 2.75) is 6.54 Å². The van der Waals surface area contributed by atoms with Crippen molar-refractivity contribution >= 4 is 17.5 Å². The minimum atomic E-state index is -0.329. The first-order valence-corrected chi connectivity index (χ1v) is 7.82. The van der Waals surface area contributed by atoms with Crippen LogP contribution in [0.2, 0.25) is 0 Å². The zero-order chi connectivity index (χ0) is 18.4. The molecular weight excluding hydrogens is 336 g/mol. The van der Waals surface area contributed by atoms with E-state index in [-0.39, 0.29) is 24.1 Å². The highest BCUT2D eigenvalue weighted by molar-refractivity contribution is 5.92. The summed E-state index contributed by atoms with van der Waals surface area (Å²) in [5.41, 5.74) is 0.857. The normalized spacial score (nSPS) is 10.2. The lowest BCUT2D eigenvalue weighted by atomic mass is 10.2. The lowest BCUT2D eigenvalue weighted by Gasteiger charge is -2.12. The molecule has 26 heavy (non-hydrogen) atoms. The number of furan rings is 1. The maximum absolute atomic E-state index is 12.3. The molecule has 1 amide bonds. The number of carbonyl (C=O) groups excluding carboxylic acids is 1. The van der Waals surface area contributed by atoms with Crippen molar-refractivity contribution in [3.05, 3.63) is 60.3 Å². The summed E-state index contributed by atoms with van der Waals surface area (Å²) < 4.78 is 15.7. The molecule has 2 aromatic heterocycles. The predicted octanol–water partition coefficient (Wildman–Crippen LogP) is 2.76. The van der Waals surface area contributed by atoms with Gasteiger partial charge in [-0.15, -0.1) is 0 Å². The molecule has 8 nitrogen and oxygen atoms in total. The number of hydrogen-bond donors (Lipinski definition) is 2. The van der Waals surface area contributed by atoms with Gasteiger partial charge in [-0.1, -0.05) is 0 Å². The van der Waals surface area contributed by atoms with E-state index in [1.165, 1.54) is 12.3 Å². The molecule has 0 fully saturated rings. The second kappa shape index (κ2) is 8.02. The first-order valence-electron chi connectivity index (χ1n) is 7.82. The third kappa shape index (κ3) is 4.10. The van der Waals surface area contributed by atoms with Crippen molar-refractivity contribution < 1.29 is 18.7 Å². The highest BCUT2D eigenvalue weighted by Crippen LogP contribution is 2.30. The fourth-order valence-corrected chi connectivity index (χ4v) is 2.25. The average Bonchev–Trinajstić information content (AvgIpc) is 3.20. The van der Waals surface area contributed by atoms with Crippen LogP contribution < -0.4 is 20.1 Å². The lowest BCUT2D eigenvalue weighted by Crippen LogP contribution is -2.24. The van der Waals surface area contributed by atoms with E-state index in [2.05, 4.69) is 20.6 Å². The topological polar surface area (TPSA) is 98.5 Å². The van der Waals surface area contributed by atoms with Gasteiger partial charge in [0.25, 0.3) is 5.91 Å². The van der Waals surface area contributed by atoms with Gasteiger partial charge in [0.1, 0.15) is 23.0 Å². The largest absolute Gasteiger partial charge is 0.497 e. The number of benzene rings is 1. The molecule has 0 spiro atoms. The summed E-state index contributed by atoms with van der Waals surface area (Å²) in [4.78, 5) is 20.6. The van der Waals surface area contributed by atoms with E-state index in [1.807, 2.05) is 0 Å². The number of nitrogens with zero attached hydrogens (tertiary/aromatic N) is 2. The number of hydrogen-bond acceptors (Lipinski definition) is 7. The van der Waals surface area contributed by atoms with E-state index in [0.717, 1.165) is 0 Å². The maximum Gasteiger partial charge on any atom is 0.270 e. The quantitative estimate of drug-likeness (QED) is 0.673. The zero-order valence-corrected chi connectivity index (χ0v) is 14.4. The fraction of sp³-hybridized carbons (Fsp3) is 0.167. The highest BCUT2D eigenvalue weighted by Gasteiger charge is 2.11. The SMILES string of the molecule is COc1ccc(OC)c(Nc2nccc(C(=O)NCc3ccco3)n2)c1. The molecule has 0 bridgehead atoms. The molecule has 8 heteroatoms. The summed E-state index contributed by atoms with van der Waals surface area (Å²) in [6.45, 7) is 0.280. The molecule has 0 aliphatic heterocycles. The summed E-state index contributed by atoms with van der Waals surface area (Å²) in [5, 5.41) is 5.78. The van der Waals surface area contributed by atoms with Crippen LogP contribution >= 0.6 is 0 Å². The Morgan fingerprint density at radius 1 is 1.19 bits per heavy atom. The van der Waals surface area contributed by atoms with Crippen LogP contribution in [-0.2, 0) is 6.54 Å². The Kier molecular flexibility index (Phi) is 5.33. The summed E-state index contributed by atoms with van der Waals surface area (Å²) in [6.07, 6.45) is 3.06. The molecule has 2 N–H and O–H groups in total. The molecule has 0 unspecified atom stereocenters. The van der Waals surface area contributed by atoms with Crippen molar-refractivity contribution in [2.24, 2.45) is 0 Å². The number of rotatable bonds is 7. The number of anilines is 2. The average molecular weight is 354 g/mol. The van der Waals surface area contributed by atoms with Gasteiger partial charge in [0.2, 0.25) is 5.95 Å². The van der Waals surface area contributed by atoms with E-state index < -0.39 is 0 Å². The van der Waals surface area contributed by atoms with Crippen molar-refractivity contribution in [3.63, 3.8) is 0 Å². The Morgan fingerprint density at radius 3 is 2.81 bits per heavy atom. The molecular formula is C18H18N4O4. The van der Waals surface area contributed by atoms with Gasteiger partial charge in [0.05, 0.1) is 32.7 Å². The van der Waals surface area contributed by atoms with E-state index in [4.69, 9.17) is 13.9 Å². The second-order valence-electron chi connectivity index (χ2n) is 5.22. The minimum Gasteiger partial charge on any atom is -0.497 e. The predicted molar refractivity (Wildman–Crippen MR) is 94.7 cm³/mol. The lowest BCUT2D eigenvalue weighted by molar-refractivity contribution is 0.0943. The smallest absolute Gasteiger partial charge is 0.270 e. The van der Waals surface area contributed by atoms with Crippen molar-refractivity contribution in [3.8, 4) is 11.5 Å². The summed E-state index contributed by atoms with van der Waals surface area (Å²) >= 11 is 0. The van der Waals surface area contributed by atoms with Crippen molar-refractivity contribution in [2.75, 3.05) is 19.5 Å². The van der Waals surface area contributed by atoms with E-state index >= 15 is 0 Å². The molecule has 134 valence electrons. The van der Waals surface area contributed by atoms with E-state index in [9.17, 15) is 4.79 Å². The minimum absolute atomic E-state index is 0.232. The second-order valence-corrected chi connectivity index (χ2v) is 5.22. The van der Waals surface area contributed by atoms with Crippen LogP contribution in [-0.4, -0.2) is 30.1 Å². The number of amides is 1. The molecule has 0 aliphatic rings. The van der Waals surface area contributed by atoms with Gasteiger partial charge >= 0.3 is 0 Å². The van der Waals surface area contributed by atoms with E-state index in [0.29, 0.717) is 22.9 Å². The third-order valence-corrected chi connectivity index (χ3v) is 3.54. The van der Waals surface area contributed by atoms with Crippen LogP contribution in [0.3, 0.4) is 0 Å². The van der Waals surface area contributed by atoms with Crippen LogP contribution in [0.1, 0.15) is 16.2 Å². The molecule has 2 heterocycles. The molecule has 3 rings (SSSR count). The zero-order valence-electron chi connectivity index (χ0n) is 14.4. The van der Waals surface area contributed by atoms with Crippen LogP contribution in [0.15, 0.2) is 53.3 Å². The Hall–Kier alpha value is -3.55. The molecule has 0 saturated carbocycles. The number of methoxy groups -OCH3 is 2. The Balaban J connectivity index is 1.74. The molecule has 0 atom stereocenters. The monoisotopic (exact) mass is 354 g/mol. The molecule has 0 radical (unpaired) electrons. The van der Waals surface area contributed by atoms with E-state index in [1.54, 1.807) is 50.8 Å². The molecule has 1 aromatic carbocycles. The van der Waals surface area contributed by atoms with Gasteiger partial charge in [0.15, 0.2) is 0 Å². The molecule has 0 aliphatic carbocycles. The highest BCUT2D eigenvalue weighted by atomic mass is 16.5. The Bertz CT molecular complexity index is 881. The van der Waals surface area contributed by atoms with Crippen LogP contribution in [0.25, 0.3) is 0 Å². The van der Waals surface area contributed by atoms with Gasteiger partial charge < -0.3 is 24.5 Å². The van der Waals surface area contributed by atoms with Crippen molar-refractivity contribution in [1.82, 2.24) is 15.3 Å².